The summed E-state index contributed by atoms with van der Waals surface area (Å²) in [5, 5.41) is 11.4. The Balaban J connectivity index is 1.78. The van der Waals surface area contributed by atoms with Crippen molar-refractivity contribution in [2.45, 2.75) is 6.61 Å². The van der Waals surface area contributed by atoms with Gasteiger partial charge in [0.05, 0.1) is 18.1 Å². The third-order valence-electron chi connectivity index (χ3n) is 3.75. The van der Waals surface area contributed by atoms with Crippen molar-refractivity contribution in [3.63, 3.8) is 0 Å². The smallest absolute Gasteiger partial charge is 0.312 e. The first-order valence-corrected chi connectivity index (χ1v) is 7.52. The molecule has 120 valence electrons. The molecule has 0 bridgehead atoms. The number of nitro groups is 1. The van der Waals surface area contributed by atoms with E-state index in [9.17, 15) is 10.1 Å². The Kier molecular flexibility index (Phi) is 4.73. The van der Waals surface area contributed by atoms with Gasteiger partial charge in [-0.1, -0.05) is 30.3 Å². The zero-order valence-corrected chi connectivity index (χ0v) is 12.7. The number of rotatable bonds is 5. The second kappa shape index (κ2) is 7.11. The molecule has 1 aliphatic heterocycles. The van der Waals surface area contributed by atoms with Crippen LogP contribution < -0.4 is 9.64 Å². The summed E-state index contributed by atoms with van der Waals surface area (Å²) in [5.41, 5.74) is 1.79. The largest absolute Gasteiger partial charge is 0.482 e. The number of nitrogens with zero attached hydrogens (tertiary/aromatic N) is 2. The van der Waals surface area contributed by atoms with Gasteiger partial charge >= 0.3 is 5.69 Å². The molecule has 1 aliphatic rings. The fourth-order valence-corrected chi connectivity index (χ4v) is 2.52. The van der Waals surface area contributed by atoms with Gasteiger partial charge < -0.3 is 14.4 Å². The van der Waals surface area contributed by atoms with Crippen molar-refractivity contribution in [2.24, 2.45) is 0 Å². The highest BCUT2D eigenvalue weighted by Gasteiger charge is 2.19. The van der Waals surface area contributed by atoms with Crippen molar-refractivity contribution in [2.75, 3.05) is 31.2 Å². The summed E-state index contributed by atoms with van der Waals surface area (Å²) in [7, 11) is 0. The topological polar surface area (TPSA) is 64.8 Å². The van der Waals surface area contributed by atoms with Gasteiger partial charge in [0.2, 0.25) is 0 Å². The van der Waals surface area contributed by atoms with Crippen molar-refractivity contribution in [3.8, 4) is 5.75 Å². The van der Waals surface area contributed by atoms with Crippen LogP contribution in [0.4, 0.5) is 11.4 Å². The Hall–Kier alpha value is -2.60. The van der Waals surface area contributed by atoms with Gasteiger partial charge in [0.1, 0.15) is 6.61 Å². The molecule has 1 saturated heterocycles. The van der Waals surface area contributed by atoms with Crippen LogP contribution in [0.2, 0.25) is 0 Å². The van der Waals surface area contributed by atoms with Crippen LogP contribution >= 0.6 is 0 Å². The van der Waals surface area contributed by atoms with Crippen LogP contribution in [-0.4, -0.2) is 31.2 Å². The lowest BCUT2D eigenvalue weighted by Gasteiger charge is -2.28. The van der Waals surface area contributed by atoms with E-state index in [0.717, 1.165) is 24.3 Å². The second-order valence-electron chi connectivity index (χ2n) is 5.28. The number of hydrogen-bond acceptors (Lipinski definition) is 5. The molecule has 0 atom stereocenters. The minimum absolute atomic E-state index is 0.00933. The van der Waals surface area contributed by atoms with E-state index in [2.05, 4.69) is 4.90 Å². The summed E-state index contributed by atoms with van der Waals surface area (Å²) in [6, 6.07) is 14.7. The number of ether oxygens (including phenoxy) is 2. The third-order valence-corrected chi connectivity index (χ3v) is 3.75. The van der Waals surface area contributed by atoms with E-state index in [0.29, 0.717) is 19.8 Å². The maximum atomic E-state index is 11.4. The number of hydrogen-bond donors (Lipinski definition) is 0. The standard InChI is InChI=1S/C17H18N2O4/c20-19(21)16-12-15(18-8-10-22-11-9-18)6-7-17(16)23-13-14-4-2-1-3-5-14/h1-7,12H,8-11,13H2. The lowest BCUT2D eigenvalue weighted by atomic mass is 10.2. The molecule has 2 aromatic carbocycles. The molecule has 0 saturated carbocycles. The average molecular weight is 314 g/mol. The number of anilines is 1. The molecule has 2 aromatic rings. The Morgan fingerprint density at radius 2 is 1.87 bits per heavy atom. The quantitative estimate of drug-likeness (QED) is 0.627. The fraction of sp³-hybridized carbons (Fsp3) is 0.294. The van der Waals surface area contributed by atoms with Gasteiger partial charge in [-0.25, -0.2) is 0 Å². The summed E-state index contributed by atoms with van der Waals surface area (Å²) in [6.45, 7) is 3.06. The van der Waals surface area contributed by atoms with Gasteiger partial charge in [-0.05, 0) is 17.7 Å². The average Bonchev–Trinajstić information content (AvgIpc) is 2.61. The third kappa shape index (κ3) is 3.78. The van der Waals surface area contributed by atoms with E-state index in [1.807, 2.05) is 36.4 Å². The number of morpholine rings is 1. The Labute approximate surface area is 134 Å². The second-order valence-corrected chi connectivity index (χ2v) is 5.28. The van der Waals surface area contributed by atoms with Gasteiger partial charge in [0.25, 0.3) is 0 Å². The van der Waals surface area contributed by atoms with Crippen molar-refractivity contribution >= 4 is 11.4 Å². The van der Waals surface area contributed by atoms with Gasteiger partial charge in [0.15, 0.2) is 5.75 Å². The van der Waals surface area contributed by atoms with Crippen molar-refractivity contribution < 1.29 is 14.4 Å². The normalized spacial score (nSPS) is 14.5. The summed E-state index contributed by atoms with van der Waals surface area (Å²) >= 11 is 0. The molecule has 1 heterocycles. The van der Waals surface area contributed by atoms with E-state index in [1.165, 1.54) is 0 Å². The first-order chi connectivity index (χ1) is 11.2. The zero-order chi connectivity index (χ0) is 16.1. The van der Waals surface area contributed by atoms with Crippen molar-refractivity contribution in [1.29, 1.82) is 0 Å². The van der Waals surface area contributed by atoms with Crippen LogP contribution in [0.1, 0.15) is 5.56 Å². The molecule has 0 spiro atoms. The molecule has 6 heteroatoms. The van der Waals surface area contributed by atoms with Crippen molar-refractivity contribution in [1.82, 2.24) is 0 Å². The summed E-state index contributed by atoms with van der Waals surface area (Å²) in [4.78, 5) is 13.0. The highest BCUT2D eigenvalue weighted by atomic mass is 16.6. The lowest BCUT2D eigenvalue weighted by Crippen LogP contribution is -2.36. The van der Waals surface area contributed by atoms with Gasteiger partial charge in [-0.15, -0.1) is 0 Å². The Morgan fingerprint density at radius 3 is 2.57 bits per heavy atom. The van der Waals surface area contributed by atoms with Crippen LogP contribution in [0.25, 0.3) is 0 Å². The summed E-state index contributed by atoms with van der Waals surface area (Å²) in [6.07, 6.45) is 0. The van der Waals surface area contributed by atoms with E-state index >= 15 is 0 Å². The zero-order valence-electron chi connectivity index (χ0n) is 12.7. The van der Waals surface area contributed by atoms with E-state index in [1.54, 1.807) is 12.1 Å². The highest BCUT2D eigenvalue weighted by molar-refractivity contribution is 5.60. The molecular weight excluding hydrogens is 296 g/mol. The van der Waals surface area contributed by atoms with Crippen molar-refractivity contribution in [3.05, 3.63) is 64.2 Å². The molecule has 0 aliphatic carbocycles. The van der Waals surface area contributed by atoms with Gasteiger partial charge in [-0.3, -0.25) is 10.1 Å². The van der Waals surface area contributed by atoms with Crippen LogP contribution in [0.3, 0.4) is 0 Å². The van der Waals surface area contributed by atoms with E-state index < -0.39 is 4.92 Å². The monoisotopic (exact) mass is 314 g/mol. The highest BCUT2D eigenvalue weighted by Crippen LogP contribution is 2.32. The molecule has 1 fully saturated rings. The Bertz CT molecular complexity index is 670. The molecule has 6 nitrogen and oxygen atoms in total. The molecule has 23 heavy (non-hydrogen) atoms. The molecule has 0 radical (unpaired) electrons. The lowest BCUT2D eigenvalue weighted by molar-refractivity contribution is -0.385. The number of benzene rings is 2. The van der Waals surface area contributed by atoms with Crippen LogP contribution in [-0.2, 0) is 11.3 Å². The molecule has 3 rings (SSSR count). The molecule has 0 N–H and O–H groups in total. The molecular formula is C17H18N2O4. The maximum absolute atomic E-state index is 11.4. The Morgan fingerprint density at radius 1 is 1.13 bits per heavy atom. The van der Waals surface area contributed by atoms with E-state index in [4.69, 9.17) is 9.47 Å². The minimum atomic E-state index is -0.399. The van der Waals surface area contributed by atoms with Crippen LogP contribution in [0.15, 0.2) is 48.5 Å². The molecule has 0 aromatic heterocycles. The van der Waals surface area contributed by atoms with Gasteiger partial charge in [0, 0.05) is 24.8 Å². The predicted molar refractivity (Wildman–Crippen MR) is 86.9 cm³/mol. The van der Waals surface area contributed by atoms with Crippen LogP contribution in [0.5, 0.6) is 5.75 Å². The number of nitro benzene ring substituents is 1. The van der Waals surface area contributed by atoms with Crippen LogP contribution in [0, 0.1) is 10.1 Å². The summed E-state index contributed by atoms with van der Waals surface area (Å²) in [5.74, 6) is 0.288. The first-order valence-electron chi connectivity index (χ1n) is 7.52. The van der Waals surface area contributed by atoms with E-state index in [-0.39, 0.29) is 11.4 Å². The summed E-state index contributed by atoms with van der Waals surface area (Å²) < 4.78 is 11.0. The molecule has 0 amide bonds. The fourth-order valence-electron chi connectivity index (χ4n) is 2.52. The SMILES string of the molecule is O=[N+]([O-])c1cc(N2CCOCC2)ccc1OCc1ccccc1. The molecule has 0 unspecified atom stereocenters. The predicted octanol–water partition coefficient (Wildman–Crippen LogP) is 3.01. The first kappa shape index (κ1) is 15.3. The maximum Gasteiger partial charge on any atom is 0.312 e. The minimum Gasteiger partial charge on any atom is -0.482 e. The van der Waals surface area contributed by atoms with Gasteiger partial charge in [-0.2, -0.15) is 0 Å².